The molecule has 3 nitrogen and oxygen atoms in total. The second kappa shape index (κ2) is 3.49. The SMILES string of the molecule is N#CC1(C2=COC(c3ccccc3F)O2)CC1. The van der Waals surface area contributed by atoms with E-state index in [9.17, 15) is 4.39 Å². The van der Waals surface area contributed by atoms with Crippen molar-refractivity contribution in [3.05, 3.63) is 47.7 Å². The van der Waals surface area contributed by atoms with Gasteiger partial charge in [0.25, 0.3) is 6.29 Å². The summed E-state index contributed by atoms with van der Waals surface area (Å²) in [6.45, 7) is 0. The number of hydrogen-bond donors (Lipinski definition) is 0. The molecular weight excluding hydrogens is 221 g/mol. The molecule has 3 rings (SSSR count). The predicted molar refractivity (Wildman–Crippen MR) is 56.7 cm³/mol. The number of nitrogens with zero attached hydrogens (tertiary/aromatic N) is 1. The van der Waals surface area contributed by atoms with Gasteiger partial charge in [-0.2, -0.15) is 5.26 Å². The summed E-state index contributed by atoms with van der Waals surface area (Å²) >= 11 is 0. The van der Waals surface area contributed by atoms with Crippen molar-refractivity contribution in [1.82, 2.24) is 0 Å². The fraction of sp³-hybridized carbons (Fsp3) is 0.308. The van der Waals surface area contributed by atoms with E-state index in [1.165, 1.54) is 12.3 Å². The van der Waals surface area contributed by atoms with Gasteiger partial charge in [-0.05, 0) is 25.0 Å². The second-order valence-electron chi connectivity index (χ2n) is 4.28. The molecule has 1 atom stereocenters. The minimum atomic E-state index is -0.767. The van der Waals surface area contributed by atoms with Crippen molar-refractivity contribution in [3.63, 3.8) is 0 Å². The Hall–Kier alpha value is -2.02. The van der Waals surface area contributed by atoms with Crippen LogP contribution in [-0.2, 0) is 9.47 Å². The molecule has 1 fully saturated rings. The molecule has 0 bridgehead atoms. The van der Waals surface area contributed by atoms with Crippen molar-refractivity contribution in [3.8, 4) is 6.07 Å². The van der Waals surface area contributed by atoms with Crippen molar-refractivity contribution >= 4 is 0 Å². The molecule has 4 heteroatoms. The second-order valence-corrected chi connectivity index (χ2v) is 4.28. The number of hydrogen-bond acceptors (Lipinski definition) is 3. The maximum absolute atomic E-state index is 13.5. The topological polar surface area (TPSA) is 42.2 Å². The predicted octanol–water partition coefficient (Wildman–Crippen LogP) is 3.02. The Morgan fingerprint density at radius 1 is 1.35 bits per heavy atom. The van der Waals surface area contributed by atoms with Gasteiger partial charge in [0.1, 0.15) is 17.5 Å². The van der Waals surface area contributed by atoms with E-state index in [2.05, 4.69) is 6.07 Å². The molecule has 1 aromatic rings. The Kier molecular flexibility index (Phi) is 2.08. The van der Waals surface area contributed by atoms with E-state index in [0.717, 1.165) is 12.8 Å². The van der Waals surface area contributed by atoms with Crippen LogP contribution in [0.4, 0.5) is 4.39 Å². The number of rotatable bonds is 2. The van der Waals surface area contributed by atoms with Crippen LogP contribution in [0.25, 0.3) is 0 Å². The van der Waals surface area contributed by atoms with Gasteiger partial charge in [-0.15, -0.1) is 0 Å². The molecule has 2 aliphatic rings. The van der Waals surface area contributed by atoms with E-state index in [1.54, 1.807) is 18.2 Å². The molecule has 1 saturated carbocycles. The van der Waals surface area contributed by atoms with Crippen molar-refractivity contribution in [2.45, 2.75) is 19.1 Å². The number of nitriles is 1. The summed E-state index contributed by atoms with van der Waals surface area (Å²) in [6, 6.07) is 8.52. The quantitative estimate of drug-likeness (QED) is 0.785. The van der Waals surface area contributed by atoms with Gasteiger partial charge >= 0.3 is 0 Å². The fourth-order valence-electron chi connectivity index (χ4n) is 1.86. The van der Waals surface area contributed by atoms with Crippen LogP contribution in [0.5, 0.6) is 0 Å². The van der Waals surface area contributed by atoms with Gasteiger partial charge in [0.15, 0.2) is 5.76 Å². The van der Waals surface area contributed by atoms with Gasteiger partial charge in [-0.25, -0.2) is 4.39 Å². The molecule has 86 valence electrons. The van der Waals surface area contributed by atoms with Crippen LogP contribution < -0.4 is 0 Å². The van der Waals surface area contributed by atoms with E-state index >= 15 is 0 Å². The van der Waals surface area contributed by atoms with Gasteiger partial charge in [-0.3, -0.25) is 0 Å². The van der Waals surface area contributed by atoms with Gasteiger partial charge in [0.05, 0.1) is 11.6 Å². The lowest BCUT2D eigenvalue weighted by Crippen LogP contribution is -2.06. The molecule has 1 unspecified atom stereocenters. The molecule has 0 spiro atoms. The first-order chi connectivity index (χ1) is 8.25. The molecule has 0 aromatic heterocycles. The van der Waals surface area contributed by atoms with Crippen LogP contribution in [0, 0.1) is 22.6 Å². The third-order valence-electron chi connectivity index (χ3n) is 3.13. The summed E-state index contributed by atoms with van der Waals surface area (Å²) in [5.74, 6) is 0.155. The summed E-state index contributed by atoms with van der Waals surface area (Å²) in [5, 5.41) is 9.03. The lowest BCUT2D eigenvalue weighted by Gasteiger charge is -2.14. The summed E-state index contributed by atoms with van der Waals surface area (Å²) in [4.78, 5) is 0. The maximum atomic E-state index is 13.5. The minimum Gasteiger partial charge on any atom is -0.455 e. The molecule has 0 amide bonds. The molecule has 1 heterocycles. The van der Waals surface area contributed by atoms with Gasteiger partial charge in [-0.1, -0.05) is 12.1 Å². The molecular formula is C13H10FNO2. The zero-order chi connectivity index (χ0) is 11.9. The van der Waals surface area contributed by atoms with Crippen LogP contribution in [0.2, 0.25) is 0 Å². The molecule has 1 aliphatic carbocycles. The van der Waals surface area contributed by atoms with E-state index in [4.69, 9.17) is 14.7 Å². The Balaban J connectivity index is 1.80. The van der Waals surface area contributed by atoms with Crippen LogP contribution in [-0.4, -0.2) is 0 Å². The first-order valence-electron chi connectivity index (χ1n) is 5.44. The van der Waals surface area contributed by atoms with E-state index in [-0.39, 0.29) is 5.82 Å². The highest BCUT2D eigenvalue weighted by Crippen LogP contribution is 2.54. The summed E-state index contributed by atoms with van der Waals surface area (Å²) in [5.41, 5.74) is -0.174. The Morgan fingerprint density at radius 3 is 2.76 bits per heavy atom. The van der Waals surface area contributed by atoms with E-state index < -0.39 is 11.7 Å². The normalized spacial score (nSPS) is 24.2. The summed E-state index contributed by atoms with van der Waals surface area (Å²) < 4.78 is 24.3. The smallest absolute Gasteiger partial charge is 0.269 e. The molecule has 0 saturated heterocycles. The zero-order valence-corrected chi connectivity index (χ0v) is 9.02. The number of halogens is 1. The monoisotopic (exact) mass is 231 g/mol. The Labute approximate surface area is 98.1 Å². The molecule has 0 N–H and O–H groups in total. The Bertz CT molecular complexity index is 528. The molecule has 1 aliphatic heterocycles. The highest BCUT2D eigenvalue weighted by atomic mass is 19.1. The van der Waals surface area contributed by atoms with Crippen molar-refractivity contribution in [1.29, 1.82) is 5.26 Å². The third-order valence-corrected chi connectivity index (χ3v) is 3.13. The average molecular weight is 231 g/mol. The van der Waals surface area contributed by atoms with Gasteiger partial charge in [0.2, 0.25) is 0 Å². The van der Waals surface area contributed by atoms with E-state index in [0.29, 0.717) is 11.3 Å². The summed E-state index contributed by atoms with van der Waals surface area (Å²) in [6.07, 6.45) is 2.23. The van der Waals surface area contributed by atoms with Crippen LogP contribution in [0.1, 0.15) is 24.7 Å². The van der Waals surface area contributed by atoms with Crippen molar-refractivity contribution in [2.75, 3.05) is 0 Å². The lowest BCUT2D eigenvalue weighted by atomic mass is 10.1. The average Bonchev–Trinajstić information content (AvgIpc) is 3.00. The first kappa shape index (κ1) is 10.2. The van der Waals surface area contributed by atoms with Gasteiger partial charge in [0, 0.05) is 0 Å². The standard InChI is InChI=1S/C13H10FNO2/c14-10-4-2-1-3-9(10)12-16-7-11(17-12)13(8-15)5-6-13/h1-4,7,12H,5-6H2. The molecule has 0 radical (unpaired) electrons. The zero-order valence-electron chi connectivity index (χ0n) is 9.02. The van der Waals surface area contributed by atoms with Crippen LogP contribution >= 0.6 is 0 Å². The van der Waals surface area contributed by atoms with Gasteiger partial charge < -0.3 is 9.47 Å². The fourth-order valence-corrected chi connectivity index (χ4v) is 1.86. The molecule has 1 aromatic carbocycles. The Morgan fingerprint density at radius 2 is 2.12 bits per heavy atom. The molecule has 17 heavy (non-hydrogen) atoms. The highest BCUT2D eigenvalue weighted by Gasteiger charge is 2.51. The first-order valence-corrected chi connectivity index (χ1v) is 5.44. The third kappa shape index (κ3) is 1.55. The highest BCUT2D eigenvalue weighted by molar-refractivity contribution is 5.29. The van der Waals surface area contributed by atoms with Crippen LogP contribution in [0.15, 0.2) is 36.3 Å². The summed E-state index contributed by atoms with van der Waals surface area (Å²) in [7, 11) is 0. The largest absolute Gasteiger partial charge is 0.455 e. The minimum absolute atomic E-state index is 0.354. The maximum Gasteiger partial charge on any atom is 0.269 e. The van der Waals surface area contributed by atoms with Crippen molar-refractivity contribution < 1.29 is 13.9 Å². The lowest BCUT2D eigenvalue weighted by molar-refractivity contribution is -0.0415. The number of benzene rings is 1. The van der Waals surface area contributed by atoms with Crippen LogP contribution in [0.3, 0.4) is 0 Å². The number of ether oxygens (including phenoxy) is 2. The van der Waals surface area contributed by atoms with E-state index in [1.807, 2.05) is 0 Å². The number of allylic oxidation sites excluding steroid dienone is 1. The van der Waals surface area contributed by atoms with Crippen molar-refractivity contribution in [2.24, 2.45) is 5.41 Å².